The highest BCUT2D eigenvalue weighted by Gasteiger charge is 2.36. The van der Waals surface area contributed by atoms with E-state index in [2.05, 4.69) is 4.98 Å². The van der Waals surface area contributed by atoms with Gasteiger partial charge < -0.3 is 15.6 Å². The van der Waals surface area contributed by atoms with Crippen LogP contribution in [0, 0.1) is 0 Å². The van der Waals surface area contributed by atoms with Crippen LogP contribution in [0.1, 0.15) is 36.3 Å². The number of nitrogens with one attached hydrogen (secondary N) is 1. The Labute approximate surface area is 171 Å². The average molecular weight is 390 g/mol. The molecule has 1 aliphatic heterocycles. The SMILES string of the molecule is CN(C)[C@@H](C(=O)N1CCC[C@H]1c1nc(-c2ccc(N)cc2)c[nH]1)c1ccccc1. The van der Waals surface area contributed by atoms with Gasteiger partial charge in [0.1, 0.15) is 11.9 Å². The van der Waals surface area contributed by atoms with E-state index in [9.17, 15) is 4.79 Å². The minimum atomic E-state index is -0.302. The van der Waals surface area contributed by atoms with Crippen LogP contribution in [0.15, 0.2) is 60.8 Å². The summed E-state index contributed by atoms with van der Waals surface area (Å²) >= 11 is 0. The first kappa shape index (κ1) is 19.2. The lowest BCUT2D eigenvalue weighted by atomic mass is 10.0. The van der Waals surface area contributed by atoms with Gasteiger partial charge in [-0.1, -0.05) is 42.5 Å². The Hall–Kier alpha value is -3.12. The summed E-state index contributed by atoms with van der Waals surface area (Å²) < 4.78 is 0. The molecular formula is C23H27N5O. The van der Waals surface area contributed by atoms with Gasteiger partial charge in [0.15, 0.2) is 0 Å². The molecule has 0 saturated carbocycles. The number of benzene rings is 2. The number of rotatable bonds is 5. The lowest BCUT2D eigenvalue weighted by molar-refractivity contribution is -0.137. The Balaban J connectivity index is 1.59. The molecule has 6 heteroatoms. The fourth-order valence-corrected chi connectivity index (χ4v) is 4.08. The summed E-state index contributed by atoms with van der Waals surface area (Å²) in [6.45, 7) is 0.749. The van der Waals surface area contributed by atoms with Crippen molar-refractivity contribution in [3.63, 3.8) is 0 Å². The molecule has 0 aliphatic carbocycles. The minimum Gasteiger partial charge on any atom is -0.399 e. The summed E-state index contributed by atoms with van der Waals surface area (Å²) in [7, 11) is 3.90. The van der Waals surface area contributed by atoms with Crippen LogP contribution in [-0.2, 0) is 4.79 Å². The number of hydrogen-bond donors (Lipinski definition) is 2. The van der Waals surface area contributed by atoms with Crippen molar-refractivity contribution < 1.29 is 4.79 Å². The molecule has 1 amide bonds. The molecule has 6 nitrogen and oxygen atoms in total. The van der Waals surface area contributed by atoms with E-state index in [-0.39, 0.29) is 18.0 Å². The second kappa shape index (κ2) is 8.09. The summed E-state index contributed by atoms with van der Waals surface area (Å²) in [5.74, 6) is 0.961. The molecule has 3 N–H and O–H groups in total. The lowest BCUT2D eigenvalue weighted by Crippen LogP contribution is -2.40. The monoisotopic (exact) mass is 389 g/mol. The number of nitrogen functional groups attached to an aromatic ring is 1. The number of nitrogens with two attached hydrogens (primary N) is 1. The van der Waals surface area contributed by atoms with E-state index in [4.69, 9.17) is 10.7 Å². The van der Waals surface area contributed by atoms with Crippen LogP contribution in [-0.4, -0.2) is 46.3 Å². The topological polar surface area (TPSA) is 78.2 Å². The molecule has 2 atom stereocenters. The third kappa shape index (κ3) is 3.89. The molecule has 0 bridgehead atoms. The molecule has 0 unspecified atom stereocenters. The highest BCUT2D eigenvalue weighted by atomic mass is 16.2. The molecule has 150 valence electrons. The van der Waals surface area contributed by atoms with Gasteiger partial charge in [0.25, 0.3) is 0 Å². The predicted octanol–water partition coefficient (Wildman–Crippen LogP) is 3.63. The summed E-state index contributed by atoms with van der Waals surface area (Å²) in [5, 5.41) is 0. The van der Waals surface area contributed by atoms with E-state index in [1.165, 1.54) is 0 Å². The van der Waals surface area contributed by atoms with Crippen LogP contribution >= 0.6 is 0 Å². The van der Waals surface area contributed by atoms with Crippen molar-refractivity contribution in [3.05, 3.63) is 72.2 Å². The normalized spacial score (nSPS) is 17.6. The average Bonchev–Trinajstić information content (AvgIpc) is 3.39. The van der Waals surface area contributed by atoms with Crippen molar-refractivity contribution >= 4 is 11.6 Å². The Kier molecular flexibility index (Phi) is 5.36. The van der Waals surface area contributed by atoms with Gasteiger partial charge in [-0.05, 0) is 44.6 Å². The molecule has 2 aromatic carbocycles. The molecule has 1 aliphatic rings. The quantitative estimate of drug-likeness (QED) is 0.653. The van der Waals surface area contributed by atoms with Crippen molar-refractivity contribution in [1.82, 2.24) is 19.8 Å². The molecule has 4 rings (SSSR count). The molecule has 1 aromatic heterocycles. The molecule has 1 saturated heterocycles. The number of likely N-dealkylation sites (N-methyl/N-ethyl adjacent to an activating group) is 1. The third-order valence-corrected chi connectivity index (χ3v) is 5.52. The van der Waals surface area contributed by atoms with Crippen LogP contribution in [0.5, 0.6) is 0 Å². The number of carbonyl (C=O) groups excluding carboxylic acids is 1. The predicted molar refractivity (Wildman–Crippen MR) is 115 cm³/mol. The Morgan fingerprint density at radius 1 is 1.17 bits per heavy atom. The summed E-state index contributed by atoms with van der Waals surface area (Å²) in [6, 6.07) is 17.3. The number of imidazole rings is 1. The zero-order valence-electron chi connectivity index (χ0n) is 16.9. The van der Waals surface area contributed by atoms with Gasteiger partial charge in [-0.25, -0.2) is 4.98 Å². The van der Waals surface area contributed by atoms with Gasteiger partial charge >= 0.3 is 0 Å². The number of likely N-dealkylation sites (tertiary alicyclic amines) is 1. The number of H-pyrrole nitrogens is 1. The van der Waals surface area contributed by atoms with E-state index >= 15 is 0 Å². The van der Waals surface area contributed by atoms with Crippen molar-refractivity contribution in [1.29, 1.82) is 0 Å². The van der Waals surface area contributed by atoms with Crippen molar-refractivity contribution in [2.45, 2.75) is 24.9 Å². The number of aromatic nitrogens is 2. The maximum atomic E-state index is 13.5. The molecule has 3 aromatic rings. The van der Waals surface area contributed by atoms with E-state index < -0.39 is 0 Å². The first-order chi connectivity index (χ1) is 14.0. The summed E-state index contributed by atoms with van der Waals surface area (Å²) in [5.41, 5.74) is 9.40. The molecule has 29 heavy (non-hydrogen) atoms. The number of amides is 1. The van der Waals surface area contributed by atoms with Gasteiger partial charge in [-0.2, -0.15) is 0 Å². The highest BCUT2D eigenvalue weighted by molar-refractivity contribution is 5.84. The number of carbonyl (C=O) groups is 1. The standard InChI is InChI=1S/C23H27N5O/c1-27(2)21(17-7-4-3-5-8-17)23(29)28-14-6-9-20(28)22-25-15-19(26-22)16-10-12-18(24)13-11-16/h3-5,7-8,10-13,15,20-21H,6,9,14,24H2,1-2H3,(H,25,26)/t20-,21+/m0/s1. The van der Waals surface area contributed by atoms with Crippen LogP contribution < -0.4 is 5.73 Å². The van der Waals surface area contributed by atoms with E-state index in [1.54, 1.807) is 0 Å². The first-order valence-electron chi connectivity index (χ1n) is 9.97. The Morgan fingerprint density at radius 2 is 1.90 bits per heavy atom. The van der Waals surface area contributed by atoms with Gasteiger partial charge in [0, 0.05) is 24.0 Å². The van der Waals surface area contributed by atoms with Crippen molar-refractivity contribution in [3.8, 4) is 11.3 Å². The highest BCUT2D eigenvalue weighted by Crippen LogP contribution is 2.34. The van der Waals surface area contributed by atoms with Crippen molar-refractivity contribution in [2.75, 3.05) is 26.4 Å². The van der Waals surface area contributed by atoms with Crippen LogP contribution in [0.3, 0.4) is 0 Å². The number of hydrogen-bond acceptors (Lipinski definition) is 4. The molecule has 0 spiro atoms. The Morgan fingerprint density at radius 3 is 2.59 bits per heavy atom. The second-order valence-electron chi connectivity index (χ2n) is 7.76. The lowest BCUT2D eigenvalue weighted by Gasteiger charge is -2.31. The molecule has 1 fully saturated rings. The fraction of sp³-hybridized carbons (Fsp3) is 0.304. The summed E-state index contributed by atoms with van der Waals surface area (Å²) in [6.07, 6.45) is 3.79. The number of nitrogens with zero attached hydrogens (tertiary/aromatic N) is 3. The van der Waals surface area contributed by atoms with Crippen molar-refractivity contribution in [2.24, 2.45) is 0 Å². The fourth-order valence-electron chi connectivity index (χ4n) is 4.08. The maximum Gasteiger partial charge on any atom is 0.245 e. The van der Waals surface area contributed by atoms with Gasteiger partial charge in [-0.15, -0.1) is 0 Å². The van der Waals surface area contributed by atoms with Crippen LogP contribution in [0.2, 0.25) is 0 Å². The zero-order valence-corrected chi connectivity index (χ0v) is 16.9. The Bertz CT molecular complexity index is 964. The summed E-state index contributed by atoms with van der Waals surface area (Å²) in [4.78, 5) is 25.6. The van der Waals surface area contributed by atoms with Crippen LogP contribution in [0.4, 0.5) is 5.69 Å². The maximum absolute atomic E-state index is 13.5. The zero-order chi connectivity index (χ0) is 20.4. The van der Waals surface area contributed by atoms with E-state index in [1.807, 2.05) is 84.7 Å². The van der Waals surface area contributed by atoms with E-state index in [0.717, 1.165) is 47.7 Å². The minimum absolute atomic E-state index is 0.0313. The molecular weight excluding hydrogens is 362 g/mol. The van der Waals surface area contributed by atoms with Gasteiger partial charge in [-0.3, -0.25) is 9.69 Å². The third-order valence-electron chi connectivity index (χ3n) is 5.52. The van der Waals surface area contributed by atoms with Gasteiger partial charge in [0.2, 0.25) is 5.91 Å². The van der Waals surface area contributed by atoms with Gasteiger partial charge in [0.05, 0.1) is 11.7 Å². The smallest absolute Gasteiger partial charge is 0.245 e. The molecule has 2 heterocycles. The van der Waals surface area contributed by atoms with E-state index in [0.29, 0.717) is 0 Å². The second-order valence-corrected chi connectivity index (χ2v) is 7.76. The first-order valence-corrected chi connectivity index (χ1v) is 9.97. The molecule has 0 radical (unpaired) electrons. The largest absolute Gasteiger partial charge is 0.399 e. The number of aromatic amines is 1. The van der Waals surface area contributed by atoms with Crippen LogP contribution in [0.25, 0.3) is 11.3 Å². The number of anilines is 1.